The summed E-state index contributed by atoms with van der Waals surface area (Å²) in [5.74, 6) is -2.69. The van der Waals surface area contributed by atoms with E-state index in [-0.39, 0.29) is 18.4 Å². The van der Waals surface area contributed by atoms with Gasteiger partial charge in [-0.1, -0.05) is 32.0 Å². The van der Waals surface area contributed by atoms with E-state index in [4.69, 9.17) is 5.11 Å². The Bertz CT molecular complexity index is 405. The Hall–Kier alpha value is -1.42. The fraction of sp³-hybridized carbons (Fsp3) is 0.462. The van der Waals surface area contributed by atoms with Crippen molar-refractivity contribution in [3.8, 4) is 0 Å². The number of hydrogen-bond donors (Lipinski definition) is 2. The summed E-state index contributed by atoms with van der Waals surface area (Å²) in [5, 5.41) is 19.6. The van der Waals surface area contributed by atoms with Gasteiger partial charge in [0.15, 0.2) is 0 Å². The highest BCUT2D eigenvalue weighted by molar-refractivity contribution is 5.72. The topological polar surface area (TPSA) is 57.5 Å². The van der Waals surface area contributed by atoms with Crippen molar-refractivity contribution >= 4 is 5.97 Å². The summed E-state index contributed by atoms with van der Waals surface area (Å²) in [5.41, 5.74) is -1.61. The average molecular weight is 240 g/mol. The van der Waals surface area contributed by atoms with E-state index in [0.717, 1.165) is 0 Å². The maximum absolute atomic E-state index is 13.7. The van der Waals surface area contributed by atoms with Crippen LogP contribution in [0.15, 0.2) is 24.3 Å². The van der Waals surface area contributed by atoms with Crippen molar-refractivity contribution in [1.29, 1.82) is 0 Å². The molecule has 2 unspecified atom stereocenters. The van der Waals surface area contributed by atoms with Gasteiger partial charge in [0.05, 0.1) is 5.92 Å². The summed E-state index contributed by atoms with van der Waals surface area (Å²) in [6.07, 6.45) is 0.396. The van der Waals surface area contributed by atoms with Gasteiger partial charge in [0.2, 0.25) is 0 Å². The Labute approximate surface area is 99.9 Å². The molecule has 17 heavy (non-hydrogen) atoms. The van der Waals surface area contributed by atoms with Crippen molar-refractivity contribution in [1.82, 2.24) is 0 Å². The number of rotatable bonds is 5. The Morgan fingerprint density at radius 3 is 2.41 bits per heavy atom. The molecule has 0 bridgehead atoms. The number of carboxylic acid groups (broad SMARTS) is 1. The second-order valence-corrected chi connectivity index (χ2v) is 4.06. The van der Waals surface area contributed by atoms with Crippen LogP contribution in [0.25, 0.3) is 0 Å². The van der Waals surface area contributed by atoms with Crippen molar-refractivity contribution in [3.05, 3.63) is 35.6 Å². The Morgan fingerprint density at radius 2 is 2.00 bits per heavy atom. The first-order valence-corrected chi connectivity index (χ1v) is 5.67. The summed E-state index contributed by atoms with van der Waals surface area (Å²) < 4.78 is 13.7. The van der Waals surface area contributed by atoms with E-state index in [1.807, 2.05) is 0 Å². The van der Waals surface area contributed by atoms with Gasteiger partial charge in [-0.15, -0.1) is 0 Å². The van der Waals surface area contributed by atoms with E-state index >= 15 is 0 Å². The number of aliphatic carboxylic acids is 1. The normalized spacial score (nSPS) is 16.2. The van der Waals surface area contributed by atoms with Gasteiger partial charge < -0.3 is 10.2 Å². The van der Waals surface area contributed by atoms with Crippen LogP contribution < -0.4 is 0 Å². The molecule has 2 atom stereocenters. The minimum absolute atomic E-state index is 0.0525. The van der Waals surface area contributed by atoms with Crippen LogP contribution in [0.1, 0.15) is 32.3 Å². The first kappa shape index (κ1) is 13.6. The molecule has 0 saturated heterocycles. The van der Waals surface area contributed by atoms with Gasteiger partial charge in [-0.25, -0.2) is 4.39 Å². The predicted octanol–water partition coefficient (Wildman–Crippen LogP) is 2.53. The lowest BCUT2D eigenvalue weighted by atomic mass is 9.77. The minimum Gasteiger partial charge on any atom is -0.481 e. The number of hydrogen-bond acceptors (Lipinski definition) is 2. The van der Waals surface area contributed by atoms with Gasteiger partial charge in [-0.2, -0.15) is 0 Å². The van der Waals surface area contributed by atoms with Crippen LogP contribution >= 0.6 is 0 Å². The highest BCUT2D eigenvalue weighted by Gasteiger charge is 2.42. The minimum atomic E-state index is -1.66. The van der Waals surface area contributed by atoms with Crippen molar-refractivity contribution < 1.29 is 19.4 Å². The van der Waals surface area contributed by atoms with Crippen molar-refractivity contribution in [2.75, 3.05) is 0 Å². The molecule has 0 fully saturated rings. The van der Waals surface area contributed by atoms with Gasteiger partial charge in [0, 0.05) is 5.56 Å². The molecule has 1 aromatic carbocycles. The summed E-state index contributed by atoms with van der Waals surface area (Å²) in [4.78, 5) is 11.1. The molecule has 94 valence electrons. The summed E-state index contributed by atoms with van der Waals surface area (Å²) in [6.45, 7) is 3.32. The molecule has 1 rings (SSSR count). The SMILES string of the molecule is CCC(C(=O)O)C(O)(CC)c1ccccc1F. The number of halogens is 1. The lowest BCUT2D eigenvalue weighted by molar-refractivity contribution is -0.154. The van der Waals surface area contributed by atoms with Crippen molar-refractivity contribution in [3.63, 3.8) is 0 Å². The molecule has 0 aliphatic rings. The number of carboxylic acids is 1. The molecule has 0 heterocycles. The fourth-order valence-corrected chi connectivity index (χ4v) is 2.15. The van der Waals surface area contributed by atoms with Crippen molar-refractivity contribution in [2.45, 2.75) is 32.3 Å². The largest absolute Gasteiger partial charge is 0.481 e. The van der Waals surface area contributed by atoms with Crippen LogP contribution in [-0.2, 0) is 10.4 Å². The molecule has 0 amide bonds. The third-order valence-electron chi connectivity index (χ3n) is 3.16. The molecule has 4 heteroatoms. The van der Waals surface area contributed by atoms with Crippen LogP contribution in [-0.4, -0.2) is 16.2 Å². The standard InChI is InChI=1S/C13H17FO3/c1-3-9(12(15)16)13(17,4-2)10-7-5-6-8-11(10)14/h5-9,17H,3-4H2,1-2H3,(H,15,16). The number of aliphatic hydroxyl groups is 1. The maximum atomic E-state index is 13.7. The molecule has 0 spiro atoms. The van der Waals surface area contributed by atoms with E-state index in [2.05, 4.69) is 0 Å². The van der Waals surface area contributed by atoms with E-state index in [1.54, 1.807) is 19.9 Å². The molecule has 0 aliphatic carbocycles. The lowest BCUT2D eigenvalue weighted by Crippen LogP contribution is -2.39. The molecule has 0 aromatic heterocycles. The summed E-state index contributed by atoms with van der Waals surface area (Å²) in [7, 11) is 0. The Balaban J connectivity index is 3.29. The second kappa shape index (κ2) is 5.27. The van der Waals surface area contributed by atoms with Gasteiger partial charge in [0.25, 0.3) is 0 Å². The van der Waals surface area contributed by atoms with Gasteiger partial charge in [0.1, 0.15) is 11.4 Å². The molecule has 0 saturated carbocycles. The second-order valence-electron chi connectivity index (χ2n) is 4.06. The summed E-state index contributed by atoms with van der Waals surface area (Å²) >= 11 is 0. The first-order valence-electron chi connectivity index (χ1n) is 5.67. The monoisotopic (exact) mass is 240 g/mol. The van der Waals surface area contributed by atoms with Crippen molar-refractivity contribution in [2.24, 2.45) is 5.92 Å². The number of benzene rings is 1. The highest BCUT2D eigenvalue weighted by atomic mass is 19.1. The van der Waals surface area contributed by atoms with Crippen LogP contribution in [0, 0.1) is 11.7 Å². The zero-order valence-electron chi connectivity index (χ0n) is 9.98. The molecular weight excluding hydrogens is 223 g/mol. The smallest absolute Gasteiger partial charge is 0.309 e. The van der Waals surface area contributed by atoms with Gasteiger partial charge >= 0.3 is 5.97 Å². The zero-order chi connectivity index (χ0) is 13.1. The molecule has 0 radical (unpaired) electrons. The third-order valence-corrected chi connectivity index (χ3v) is 3.16. The summed E-state index contributed by atoms with van der Waals surface area (Å²) in [6, 6.07) is 5.76. The van der Waals surface area contributed by atoms with Crippen LogP contribution in [0.5, 0.6) is 0 Å². The van der Waals surface area contributed by atoms with E-state index in [9.17, 15) is 14.3 Å². The van der Waals surface area contributed by atoms with E-state index in [0.29, 0.717) is 0 Å². The van der Waals surface area contributed by atoms with E-state index < -0.39 is 23.3 Å². The molecule has 1 aromatic rings. The van der Waals surface area contributed by atoms with Crippen LogP contribution in [0.4, 0.5) is 4.39 Å². The van der Waals surface area contributed by atoms with E-state index in [1.165, 1.54) is 18.2 Å². The van der Waals surface area contributed by atoms with Gasteiger partial charge in [-0.3, -0.25) is 4.79 Å². The molecule has 0 aliphatic heterocycles. The first-order chi connectivity index (χ1) is 7.97. The van der Waals surface area contributed by atoms with Crippen LogP contribution in [0.3, 0.4) is 0 Å². The Kier molecular flexibility index (Phi) is 4.23. The fourth-order valence-electron chi connectivity index (χ4n) is 2.15. The highest BCUT2D eigenvalue weighted by Crippen LogP contribution is 2.36. The predicted molar refractivity (Wildman–Crippen MR) is 62.0 cm³/mol. The maximum Gasteiger partial charge on any atom is 0.309 e. The number of carbonyl (C=O) groups is 1. The molecule has 3 nitrogen and oxygen atoms in total. The van der Waals surface area contributed by atoms with Crippen LogP contribution in [0.2, 0.25) is 0 Å². The molecular formula is C13H17FO3. The Morgan fingerprint density at radius 1 is 1.41 bits per heavy atom. The third kappa shape index (κ3) is 2.47. The lowest BCUT2D eigenvalue weighted by Gasteiger charge is -2.33. The quantitative estimate of drug-likeness (QED) is 0.831. The average Bonchev–Trinajstić information content (AvgIpc) is 2.29. The van der Waals surface area contributed by atoms with Gasteiger partial charge in [-0.05, 0) is 18.9 Å². The zero-order valence-corrected chi connectivity index (χ0v) is 9.98. The molecule has 2 N–H and O–H groups in total.